The highest BCUT2D eigenvalue weighted by Gasteiger charge is 2.27. The second-order valence-electron chi connectivity index (χ2n) is 5.50. The third kappa shape index (κ3) is 3.09. The summed E-state index contributed by atoms with van der Waals surface area (Å²) in [5.74, 6) is -0.765. The molecule has 0 bridgehead atoms. The highest BCUT2D eigenvalue weighted by molar-refractivity contribution is 6.31. The van der Waals surface area contributed by atoms with Crippen molar-refractivity contribution in [2.45, 2.75) is 6.92 Å². The van der Waals surface area contributed by atoms with Gasteiger partial charge in [-0.25, -0.2) is 4.39 Å². The van der Waals surface area contributed by atoms with E-state index in [1.165, 1.54) is 12.3 Å². The molecule has 6 heteroatoms. The molecule has 24 heavy (non-hydrogen) atoms. The molecule has 1 amide bonds. The van der Waals surface area contributed by atoms with Gasteiger partial charge in [-0.2, -0.15) is 0 Å². The number of aliphatic hydroxyl groups excluding tert-OH is 1. The van der Waals surface area contributed by atoms with Gasteiger partial charge in [0.25, 0.3) is 5.91 Å². The highest BCUT2D eigenvalue weighted by atomic mass is 19.1. The van der Waals surface area contributed by atoms with Gasteiger partial charge in [-0.05, 0) is 42.8 Å². The number of hydrogen-bond acceptors (Lipinski definition) is 4. The Balaban J connectivity index is 1.82. The second-order valence-corrected chi connectivity index (χ2v) is 5.50. The maximum atomic E-state index is 14.0. The number of fused-ring (bicyclic) bond motifs is 1. The number of nitrogens with one attached hydrogen (secondary N) is 3. The Morgan fingerprint density at radius 1 is 1.29 bits per heavy atom. The molecule has 0 aliphatic carbocycles. The van der Waals surface area contributed by atoms with Crippen molar-refractivity contribution in [3.05, 3.63) is 59.5 Å². The Bertz CT molecular complexity index is 818. The summed E-state index contributed by atoms with van der Waals surface area (Å²) in [6.07, 6.45) is 1.51. The molecule has 0 saturated carbocycles. The van der Waals surface area contributed by atoms with Crippen molar-refractivity contribution in [2.24, 2.45) is 0 Å². The Morgan fingerprint density at radius 3 is 2.88 bits per heavy atom. The maximum Gasteiger partial charge on any atom is 0.257 e. The van der Waals surface area contributed by atoms with Gasteiger partial charge < -0.3 is 21.1 Å². The molecule has 0 fully saturated rings. The molecule has 3 rings (SSSR count). The fourth-order valence-corrected chi connectivity index (χ4v) is 2.64. The monoisotopic (exact) mass is 327 g/mol. The molecule has 0 radical (unpaired) electrons. The number of rotatable bonds is 5. The van der Waals surface area contributed by atoms with Crippen LogP contribution in [0.3, 0.4) is 0 Å². The van der Waals surface area contributed by atoms with Crippen LogP contribution in [0.1, 0.15) is 11.1 Å². The number of carbonyl (C=O) groups is 1. The molecule has 0 saturated heterocycles. The lowest BCUT2D eigenvalue weighted by Gasteiger charge is -2.10. The van der Waals surface area contributed by atoms with Crippen LogP contribution in [0, 0.1) is 12.7 Å². The summed E-state index contributed by atoms with van der Waals surface area (Å²) >= 11 is 0. The minimum atomic E-state index is -0.432. The first kappa shape index (κ1) is 16.0. The van der Waals surface area contributed by atoms with Gasteiger partial charge in [-0.3, -0.25) is 4.79 Å². The van der Waals surface area contributed by atoms with E-state index < -0.39 is 5.82 Å². The number of benzene rings is 2. The first-order valence-electron chi connectivity index (χ1n) is 7.62. The first-order valence-corrected chi connectivity index (χ1v) is 7.62. The van der Waals surface area contributed by atoms with E-state index in [2.05, 4.69) is 16.0 Å². The van der Waals surface area contributed by atoms with Gasteiger partial charge in [0, 0.05) is 29.7 Å². The van der Waals surface area contributed by atoms with Crippen molar-refractivity contribution in [2.75, 3.05) is 29.1 Å². The van der Waals surface area contributed by atoms with Crippen molar-refractivity contribution < 1.29 is 14.3 Å². The lowest BCUT2D eigenvalue weighted by Crippen LogP contribution is -2.07. The Morgan fingerprint density at radius 2 is 2.12 bits per heavy atom. The molecular weight excluding hydrogens is 309 g/mol. The van der Waals surface area contributed by atoms with E-state index in [1.54, 1.807) is 12.1 Å². The van der Waals surface area contributed by atoms with Crippen LogP contribution in [-0.2, 0) is 4.79 Å². The molecule has 0 aromatic heterocycles. The third-order valence-electron chi connectivity index (χ3n) is 3.81. The van der Waals surface area contributed by atoms with Crippen molar-refractivity contribution >= 4 is 28.5 Å². The van der Waals surface area contributed by atoms with E-state index in [1.807, 2.05) is 25.1 Å². The van der Waals surface area contributed by atoms with Crippen molar-refractivity contribution in [1.29, 1.82) is 0 Å². The Kier molecular flexibility index (Phi) is 4.48. The molecule has 1 aliphatic heterocycles. The van der Waals surface area contributed by atoms with Crippen molar-refractivity contribution in [3.8, 4) is 0 Å². The van der Waals surface area contributed by atoms with Crippen molar-refractivity contribution in [1.82, 2.24) is 0 Å². The van der Waals surface area contributed by atoms with Crippen LogP contribution in [-0.4, -0.2) is 24.2 Å². The predicted molar refractivity (Wildman–Crippen MR) is 93.4 cm³/mol. The highest BCUT2D eigenvalue weighted by Crippen LogP contribution is 2.33. The molecule has 4 N–H and O–H groups in total. The zero-order valence-corrected chi connectivity index (χ0v) is 13.2. The molecular formula is C18H18FN3O2. The van der Waals surface area contributed by atoms with Crippen LogP contribution in [0.15, 0.2) is 42.6 Å². The quantitative estimate of drug-likeness (QED) is 0.637. The zero-order valence-electron chi connectivity index (χ0n) is 13.2. The average molecular weight is 327 g/mol. The van der Waals surface area contributed by atoms with Crippen molar-refractivity contribution in [3.63, 3.8) is 0 Å². The van der Waals surface area contributed by atoms with Crippen LogP contribution in [0.25, 0.3) is 5.57 Å². The average Bonchev–Trinajstić information content (AvgIpc) is 2.89. The summed E-state index contributed by atoms with van der Waals surface area (Å²) in [7, 11) is 0. The number of aryl methyl sites for hydroxylation is 1. The Labute approximate surface area is 139 Å². The van der Waals surface area contributed by atoms with Crippen LogP contribution in [0.4, 0.5) is 21.5 Å². The van der Waals surface area contributed by atoms with E-state index in [0.29, 0.717) is 12.2 Å². The molecule has 5 nitrogen and oxygen atoms in total. The summed E-state index contributed by atoms with van der Waals surface area (Å²) in [6.45, 7) is 2.48. The van der Waals surface area contributed by atoms with Crippen LogP contribution in [0.2, 0.25) is 0 Å². The molecule has 0 unspecified atom stereocenters. The van der Waals surface area contributed by atoms with E-state index in [4.69, 9.17) is 5.11 Å². The number of amides is 1. The first-order chi connectivity index (χ1) is 11.6. The van der Waals surface area contributed by atoms with Gasteiger partial charge in [-0.15, -0.1) is 0 Å². The zero-order chi connectivity index (χ0) is 17.1. The smallest absolute Gasteiger partial charge is 0.257 e. The van der Waals surface area contributed by atoms with Gasteiger partial charge in [0.05, 0.1) is 17.9 Å². The fourth-order valence-electron chi connectivity index (χ4n) is 2.64. The number of aliphatic hydroxyl groups is 1. The molecule has 2 aromatic carbocycles. The number of carbonyl (C=O) groups excluding carboxylic acids is 1. The summed E-state index contributed by atoms with van der Waals surface area (Å²) in [5.41, 5.74) is 3.74. The largest absolute Gasteiger partial charge is 0.395 e. The van der Waals surface area contributed by atoms with Gasteiger partial charge in [0.1, 0.15) is 5.82 Å². The number of halogens is 1. The summed E-state index contributed by atoms with van der Waals surface area (Å²) in [6, 6.07) is 10.2. The number of hydrogen-bond donors (Lipinski definition) is 4. The lowest BCUT2D eigenvalue weighted by atomic mass is 10.1. The molecule has 1 heterocycles. The van der Waals surface area contributed by atoms with Gasteiger partial charge in [0.15, 0.2) is 0 Å². The summed E-state index contributed by atoms with van der Waals surface area (Å²) in [4.78, 5) is 12.0. The molecule has 2 aromatic rings. The minimum absolute atomic E-state index is 0.0611. The van der Waals surface area contributed by atoms with E-state index >= 15 is 0 Å². The molecule has 1 aliphatic rings. The Hall–Kier alpha value is -2.86. The van der Waals surface area contributed by atoms with E-state index in [-0.39, 0.29) is 23.7 Å². The molecule has 0 atom stereocenters. The summed E-state index contributed by atoms with van der Waals surface area (Å²) in [5, 5.41) is 17.7. The topological polar surface area (TPSA) is 73.4 Å². The predicted octanol–water partition coefficient (Wildman–Crippen LogP) is 2.94. The molecule has 0 spiro atoms. The fraction of sp³-hybridized carbons (Fsp3) is 0.167. The van der Waals surface area contributed by atoms with Crippen LogP contribution in [0.5, 0.6) is 0 Å². The normalized spacial score (nSPS) is 14.5. The van der Waals surface area contributed by atoms with Gasteiger partial charge in [-0.1, -0.05) is 6.07 Å². The minimum Gasteiger partial charge on any atom is -0.395 e. The SMILES string of the molecule is Cc1cc(NC=C2C(=O)Nc3cccc(F)c32)ccc1NCCO. The maximum absolute atomic E-state index is 14.0. The van der Waals surface area contributed by atoms with E-state index in [9.17, 15) is 9.18 Å². The van der Waals surface area contributed by atoms with E-state index in [0.717, 1.165) is 16.9 Å². The summed E-state index contributed by atoms with van der Waals surface area (Å²) < 4.78 is 14.0. The lowest BCUT2D eigenvalue weighted by molar-refractivity contribution is -0.110. The van der Waals surface area contributed by atoms with Gasteiger partial charge >= 0.3 is 0 Å². The third-order valence-corrected chi connectivity index (χ3v) is 3.81. The standard InChI is InChI=1S/C18H18FN3O2/c1-11-9-12(5-6-15(11)20-7-8-23)21-10-13-17-14(19)3-2-4-16(17)22-18(13)24/h2-6,9-10,20-21,23H,7-8H2,1H3,(H,22,24). The van der Waals surface area contributed by atoms with Crippen LogP contribution < -0.4 is 16.0 Å². The van der Waals surface area contributed by atoms with Gasteiger partial charge in [0.2, 0.25) is 0 Å². The number of anilines is 3. The van der Waals surface area contributed by atoms with Crippen LogP contribution >= 0.6 is 0 Å². The molecule has 124 valence electrons. The second kappa shape index (κ2) is 6.72.